The van der Waals surface area contributed by atoms with Gasteiger partial charge in [-0.25, -0.2) is 0 Å². The van der Waals surface area contributed by atoms with Crippen LogP contribution in [0, 0.1) is 6.92 Å². The molecule has 0 aliphatic carbocycles. The first-order chi connectivity index (χ1) is 7.36. The van der Waals surface area contributed by atoms with Crippen molar-refractivity contribution in [1.29, 1.82) is 0 Å². The van der Waals surface area contributed by atoms with E-state index in [9.17, 15) is 0 Å². The highest BCUT2D eigenvalue weighted by Gasteiger charge is 1.99. The number of nitrogens with zero attached hydrogens (tertiary/aromatic N) is 3. The average Bonchev–Trinajstić information content (AvgIpc) is 2.66. The molecule has 0 radical (unpaired) electrons. The standard InChI is InChI=1S/C10H13N5/c1-8-9(5-14-15-8)4-12-7-10-6-11-2-3-13-10/h2-3,5-6,12H,4,7H2,1H3,(H,14,15). The van der Waals surface area contributed by atoms with Crippen molar-refractivity contribution in [3.05, 3.63) is 41.7 Å². The van der Waals surface area contributed by atoms with Gasteiger partial charge in [0.1, 0.15) is 0 Å². The van der Waals surface area contributed by atoms with E-state index in [1.54, 1.807) is 18.6 Å². The maximum atomic E-state index is 4.17. The van der Waals surface area contributed by atoms with Gasteiger partial charge in [0.05, 0.1) is 11.9 Å². The van der Waals surface area contributed by atoms with E-state index in [1.807, 2.05) is 13.1 Å². The Balaban J connectivity index is 1.83. The number of nitrogens with one attached hydrogen (secondary N) is 2. The molecule has 0 saturated carbocycles. The second kappa shape index (κ2) is 4.65. The van der Waals surface area contributed by atoms with Crippen molar-refractivity contribution in [3.8, 4) is 0 Å². The fourth-order valence-corrected chi connectivity index (χ4v) is 1.30. The number of aryl methyl sites for hydroxylation is 1. The largest absolute Gasteiger partial charge is 0.307 e. The van der Waals surface area contributed by atoms with Gasteiger partial charge in [0.15, 0.2) is 0 Å². The third-order valence-corrected chi connectivity index (χ3v) is 2.17. The Morgan fingerprint density at radius 1 is 1.27 bits per heavy atom. The molecule has 0 aliphatic heterocycles. The van der Waals surface area contributed by atoms with Crippen molar-refractivity contribution in [2.75, 3.05) is 0 Å². The first kappa shape index (κ1) is 9.79. The normalized spacial score (nSPS) is 10.5. The molecule has 2 aromatic heterocycles. The number of hydrogen-bond acceptors (Lipinski definition) is 4. The maximum absolute atomic E-state index is 4.17. The molecular weight excluding hydrogens is 190 g/mol. The lowest BCUT2D eigenvalue weighted by molar-refractivity contribution is 0.674. The number of H-pyrrole nitrogens is 1. The van der Waals surface area contributed by atoms with Crippen LogP contribution in [0.1, 0.15) is 17.0 Å². The Morgan fingerprint density at radius 3 is 2.87 bits per heavy atom. The minimum Gasteiger partial charge on any atom is -0.307 e. The molecule has 5 nitrogen and oxygen atoms in total. The molecule has 0 spiro atoms. The van der Waals surface area contributed by atoms with Crippen LogP contribution < -0.4 is 5.32 Å². The molecule has 78 valence electrons. The van der Waals surface area contributed by atoms with Crippen molar-refractivity contribution >= 4 is 0 Å². The fourth-order valence-electron chi connectivity index (χ4n) is 1.30. The van der Waals surface area contributed by atoms with Gasteiger partial charge in [-0.05, 0) is 6.92 Å². The molecule has 2 heterocycles. The fraction of sp³-hybridized carbons (Fsp3) is 0.300. The van der Waals surface area contributed by atoms with Gasteiger partial charge in [-0.1, -0.05) is 0 Å². The number of rotatable bonds is 4. The highest BCUT2D eigenvalue weighted by molar-refractivity contribution is 5.13. The summed E-state index contributed by atoms with van der Waals surface area (Å²) in [6, 6.07) is 0. The van der Waals surface area contributed by atoms with Crippen LogP contribution >= 0.6 is 0 Å². The molecule has 2 aromatic rings. The molecule has 2 rings (SSSR count). The predicted molar refractivity (Wildman–Crippen MR) is 55.9 cm³/mol. The van der Waals surface area contributed by atoms with Gasteiger partial charge < -0.3 is 5.32 Å². The van der Waals surface area contributed by atoms with Crippen LogP contribution in [0.4, 0.5) is 0 Å². The first-order valence-corrected chi connectivity index (χ1v) is 4.80. The number of aromatic nitrogens is 4. The first-order valence-electron chi connectivity index (χ1n) is 4.80. The molecule has 0 unspecified atom stereocenters. The molecule has 0 bridgehead atoms. The third kappa shape index (κ3) is 2.60. The predicted octanol–water partition coefficient (Wildman–Crippen LogP) is 0.798. The van der Waals surface area contributed by atoms with Gasteiger partial charge in [-0.2, -0.15) is 5.10 Å². The molecule has 0 aliphatic rings. The number of aromatic amines is 1. The summed E-state index contributed by atoms with van der Waals surface area (Å²) >= 11 is 0. The summed E-state index contributed by atoms with van der Waals surface area (Å²) in [4.78, 5) is 8.17. The molecule has 2 N–H and O–H groups in total. The summed E-state index contributed by atoms with van der Waals surface area (Å²) in [6.07, 6.45) is 6.96. The summed E-state index contributed by atoms with van der Waals surface area (Å²) in [5.41, 5.74) is 3.22. The van der Waals surface area contributed by atoms with Crippen molar-refractivity contribution in [2.24, 2.45) is 0 Å². The minimum atomic E-state index is 0.721. The molecule has 0 fully saturated rings. The molecule has 0 saturated heterocycles. The summed E-state index contributed by atoms with van der Waals surface area (Å²) in [5, 5.41) is 10.1. The minimum absolute atomic E-state index is 0.721. The molecule has 5 heteroatoms. The topological polar surface area (TPSA) is 66.5 Å². The Labute approximate surface area is 88.0 Å². The Bertz CT molecular complexity index is 409. The third-order valence-electron chi connectivity index (χ3n) is 2.17. The van der Waals surface area contributed by atoms with Crippen LogP contribution in [-0.2, 0) is 13.1 Å². The zero-order valence-corrected chi connectivity index (χ0v) is 8.57. The molecular formula is C10H13N5. The zero-order chi connectivity index (χ0) is 10.5. The SMILES string of the molecule is Cc1[nH]ncc1CNCc1cnccn1. The van der Waals surface area contributed by atoms with E-state index in [0.717, 1.165) is 24.5 Å². The molecule has 0 aromatic carbocycles. The average molecular weight is 203 g/mol. The molecule has 0 amide bonds. The highest BCUT2D eigenvalue weighted by Crippen LogP contribution is 2.01. The lowest BCUT2D eigenvalue weighted by atomic mass is 10.2. The molecule has 15 heavy (non-hydrogen) atoms. The maximum Gasteiger partial charge on any atom is 0.0724 e. The second-order valence-corrected chi connectivity index (χ2v) is 3.32. The van der Waals surface area contributed by atoms with E-state index in [0.29, 0.717) is 0 Å². The van der Waals surface area contributed by atoms with Gasteiger partial charge in [-0.15, -0.1) is 0 Å². The van der Waals surface area contributed by atoms with E-state index >= 15 is 0 Å². The van der Waals surface area contributed by atoms with Crippen molar-refractivity contribution in [3.63, 3.8) is 0 Å². The van der Waals surface area contributed by atoms with Gasteiger partial charge in [0.25, 0.3) is 0 Å². The van der Waals surface area contributed by atoms with Crippen LogP contribution in [0.25, 0.3) is 0 Å². The van der Waals surface area contributed by atoms with E-state index in [4.69, 9.17) is 0 Å². The van der Waals surface area contributed by atoms with Crippen molar-refractivity contribution < 1.29 is 0 Å². The van der Waals surface area contributed by atoms with E-state index in [-0.39, 0.29) is 0 Å². The van der Waals surface area contributed by atoms with Crippen molar-refractivity contribution in [2.45, 2.75) is 20.0 Å². The van der Waals surface area contributed by atoms with Gasteiger partial charge in [0, 0.05) is 42.9 Å². The lowest BCUT2D eigenvalue weighted by Gasteiger charge is -2.02. The smallest absolute Gasteiger partial charge is 0.0724 e. The van der Waals surface area contributed by atoms with Gasteiger partial charge in [-0.3, -0.25) is 15.1 Å². The highest BCUT2D eigenvalue weighted by atomic mass is 15.1. The van der Waals surface area contributed by atoms with Crippen LogP contribution in [0.15, 0.2) is 24.8 Å². The van der Waals surface area contributed by atoms with E-state index < -0.39 is 0 Å². The lowest BCUT2D eigenvalue weighted by Crippen LogP contribution is -2.13. The summed E-state index contributed by atoms with van der Waals surface area (Å²) < 4.78 is 0. The van der Waals surface area contributed by atoms with E-state index in [2.05, 4.69) is 25.5 Å². The summed E-state index contributed by atoms with van der Waals surface area (Å²) in [6.45, 7) is 3.52. The number of hydrogen-bond donors (Lipinski definition) is 2. The van der Waals surface area contributed by atoms with Gasteiger partial charge in [0.2, 0.25) is 0 Å². The zero-order valence-electron chi connectivity index (χ0n) is 8.57. The molecule has 0 atom stereocenters. The van der Waals surface area contributed by atoms with Crippen molar-refractivity contribution in [1.82, 2.24) is 25.5 Å². The van der Waals surface area contributed by atoms with Gasteiger partial charge >= 0.3 is 0 Å². The second-order valence-electron chi connectivity index (χ2n) is 3.32. The Hall–Kier alpha value is -1.75. The quantitative estimate of drug-likeness (QED) is 0.771. The van der Waals surface area contributed by atoms with Crippen LogP contribution in [0.5, 0.6) is 0 Å². The Morgan fingerprint density at radius 2 is 2.20 bits per heavy atom. The van der Waals surface area contributed by atoms with Crippen LogP contribution in [0.3, 0.4) is 0 Å². The van der Waals surface area contributed by atoms with E-state index in [1.165, 1.54) is 5.56 Å². The monoisotopic (exact) mass is 203 g/mol. The summed E-state index contributed by atoms with van der Waals surface area (Å²) in [5.74, 6) is 0. The Kier molecular flexibility index (Phi) is 3.04. The van der Waals surface area contributed by atoms with Crippen LogP contribution in [0.2, 0.25) is 0 Å². The summed E-state index contributed by atoms with van der Waals surface area (Å²) in [7, 11) is 0. The van der Waals surface area contributed by atoms with Crippen LogP contribution in [-0.4, -0.2) is 20.2 Å².